The van der Waals surface area contributed by atoms with Crippen molar-refractivity contribution in [2.75, 3.05) is 7.11 Å². The lowest BCUT2D eigenvalue weighted by atomic mass is 9.79. The van der Waals surface area contributed by atoms with Crippen LogP contribution in [0.2, 0.25) is 0 Å². The van der Waals surface area contributed by atoms with Crippen LogP contribution in [0.4, 0.5) is 0 Å². The van der Waals surface area contributed by atoms with Crippen molar-refractivity contribution < 1.29 is 19.1 Å². The lowest BCUT2D eigenvalue weighted by molar-refractivity contribution is -0.141. The van der Waals surface area contributed by atoms with Crippen LogP contribution in [0.1, 0.15) is 18.4 Å². The molecule has 19 heavy (non-hydrogen) atoms. The minimum absolute atomic E-state index is 0.0903. The van der Waals surface area contributed by atoms with E-state index in [2.05, 4.69) is 0 Å². The van der Waals surface area contributed by atoms with E-state index in [0.717, 1.165) is 12.0 Å². The van der Waals surface area contributed by atoms with Crippen molar-refractivity contribution in [3.8, 4) is 5.75 Å². The average molecular weight is 258 g/mol. The molecule has 1 aliphatic carbocycles. The van der Waals surface area contributed by atoms with Gasteiger partial charge in [-0.2, -0.15) is 0 Å². The average Bonchev–Trinajstić information content (AvgIpc) is 2.43. The van der Waals surface area contributed by atoms with Gasteiger partial charge in [-0.1, -0.05) is 18.2 Å². The summed E-state index contributed by atoms with van der Waals surface area (Å²) in [5.41, 5.74) is -0.00665. The summed E-state index contributed by atoms with van der Waals surface area (Å²) < 4.78 is 10.9. The molecule has 1 aliphatic heterocycles. The van der Waals surface area contributed by atoms with Crippen LogP contribution in [-0.2, 0) is 20.7 Å². The Bertz CT molecular complexity index is 588. The van der Waals surface area contributed by atoms with E-state index in [0.29, 0.717) is 12.2 Å². The monoisotopic (exact) mass is 258 g/mol. The van der Waals surface area contributed by atoms with Crippen LogP contribution in [-0.4, -0.2) is 24.3 Å². The molecular weight excluding hydrogens is 244 g/mol. The van der Waals surface area contributed by atoms with Crippen molar-refractivity contribution in [2.24, 2.45) is 0 Å². The first-order chi connectivity index (χ1) is 9.14. The number of para-hydroxylation sites is 1. The molecule has 1 heterocycles. The van der Waals surface area contributed by atoms with Gasteiger partial charge in [-0.05, 0) is 24.5 Å². The van der Waals surface area contributed by atoms with E-state index in [1.165, 1.54) is 13.2 Å². The molecule has 4 nitrogen and oxygen atoms in total. The van der Waals surface area contributed by atoms with Crippen molar-refractivity contribution >= 4 is 11.6 Å². The maximum atomic E-state index is 12.4. The molecule has 0 fully saturated rings. The minimum Gasteiger partial charge on any atom is -0.493 e. The number of aryl methyl sites for hydroxylation is 1. The van der Waals surface area contributed by atoms with Gasteiger partial charge in [-0.15, -0.1) is 0 Å². The Morgan fingerprint density at radius 2 is 2.05 bits per heavy atom. The van der Waals surface area contributed by atoms with Crippen LogP contribution in [0.5, 0.6) is 5.75 Å². The number of hydrogen-bond donors (Lipinski definition) is 0. The normalized spacial score (nSPS) is 25.6. The first-order valence-corrected chi connectivity index (χ1v) is 6.25. The number of Topliss-reactive ketones (excluding diaryl/α,β-unsaturated/α-hetero) is 1. The number of rotatable bonds is 1. The second kappa shape index (κ2) is 4.23. The molecule has 3 rings (SSSR count). The fourth-order valence-corrected chi connectivity index (χ4v) is 2.69. The third-order valence-electron chi connectivity index (χ3n) is 3.69. The third-order valence-corrected chi connectivity index (χ3v) is 3.69. The van der Waals surface area contributed by atoms with Gasteiger partial charge in [0.15, 0.2) is 17.1 Å². The first kappa shape index (κ1) is 12.0. The highest BCUT2D eigenvalue weighted by Gasteiger charge is 2.49. The van der Waals surface area contributed by atoms with Crippen molar-refractivity contribution in [1.29, 1.82) is 0 Å². The molecule has 0 unspecified atom stereocenters. The third kappa shape index (κ3) is 1.84. The summed E-state index contributed by atoms with van der Waals surface area (Å²) in [5, 5.41) is 0. The molecule has 0 saturated carbocycles. The standard InChI is InChI=1S/C15H14O4/c1-18-13-8-11(16)9-15(14(13)17)7-6-10-4-2-3-5-12(10)19-15/h2-5,8H,6-7,9H2,1H3/t15-/m0/s1. The molecule has 0 aromatic heterocycles. The topological polar surface area (TPSA) is 52.6 Å². The zero-order valence-corrected chi connectivity index (χ0v) is 10.6. The first-order valence-electron chi connectivity index (χ1n) is 6.25. The Labute approximate surface area is 111 Å². The SMILES string of the molecule is COC1=CC(=O)C[C@@]2(CCc3ccccc3O2)C1=O. The van der Waals surface area contributed by atoms with Gasteiger partial charge in [0.25, 0.3) is 0 Å². The highest BCUT2D eigenvalue weighted by atomic mass is 16.5. The zero-order chi connectivity index (χ0) is 13.5. The summed E-state index contributed by atoms with van der Waals surface area (Å²) in [4.78, 5) is 24.2. The van der Waals surface area contributed by atoms with E-state index in [-0.39, 0.29) is 23.7 Å². The molecule has 0 radical (unpaired) electrons. The van der Waals surface area contributed by atoms with Gasteiger partial charge < -0.3 is 9.47 Å². The number of fused-ring (bicyclic) bond motifs is 1. The lowest BCUT2D eigenvalue weighted by Gasteiger charge is -2.38. The summed E-state index contributed by atoms with van der Waals surface area (Å²) in [6.45, 7) is 0. The Balaban J connectivity index is 2.00. The quantitative estimate of drug-likeness (QED) is 0.771. The van der Waals surface area contributed by atoms with Gasteiger partial charge in [-0.3, -0.25) is 9.59 Å². The van der Waals surface area contributed by atoms with E-state index in [9.17, 15) is 9.59 Å². The molecular formula is C15H14O4. The van der Waals surface area contributed by atoms with Crippen LogP contribution in [0.25, 0.3) is 0 Å². The predicted octanol–water partition coefficient (Wildman–Crippen LogP) is 1.82. The van der Waals surface area contributed by atoms with E-state index >= 15 is 0 Å². The smallest absolute Gasteiger partial charge is 0.241 e. The number of carbonyl (C=O) groups excluding carboxylic acids is 2. The van der Waals surface area contributed by atoms with Gasteiger partial charge in [0.2, 0.25) is 5.78 Å². The number of ketones is 2. The van der Waals surface area contributed by atoms with E-state index in [4.69, 9.17) is 9.47 Å². The maximum absolute atomic E-state index is 12.4. The van der Waals surface area contributed by atoms with Crippen LogP contribution in [0.3, 0.4) is 0 Å². The summed E-state index contributed by atoms with van der Waals surface area (Å²) in [6, 6.07) is 7.61. The minimum atomic E-state index is -1.08. The van der Waals surface area contributed by atoms with Gasteiger partial charge in [0, 0.05) is 6.08 Å². The van der Waals surface area contributed by atoms with Crippen LogP contribution < -0.4 is 4.74 Å². The number of hydrogen-bond acceptors (Lipinski definition) is 4. The summed E-state index contributed by atoms with van der Waals surface area (Å²) >= 11 is 0. The van der Waals surface area contributed by atoms with Crippen molar-refractivity contribution in [2.45, 2.75) is 24.9 Å². The second-order valence-corrected chi connectivity index (χ2v) is 4.89. The number of methoxy groups -OCH3 is 1. The molecule has 0 bridgehead atoms. The van der Waals surface area contributed by atoms with Crippen LogP contribution in [0.15, 0.2) is 36.1 Å². The number of ether oxygens (including phenoxy) is 2. The molecule has 0 saturated heterocycles. The molecule has 0 amide bonds. The molecule has 1 atom stereocenters. The summed E-state index contributed by atoms with van der Waals surface area (Å²) in [7, 11) is 1.40. The highest BCUT2D eigenvalue weighted by molar-refractivity contribution is 6.12. The Kier molecular flexibility index (Phi) is 2.66. The fraction of sp³-hybridized carbons (Fsp3) is 0.333. The molecule has 1 aromatic carbocycles. The van der Waals surface area contributed by atoms with Gasteiger partial charge in [-0.25, -0.2) is 0 Å². The molecule has 1 spiro atoms. The van der Waals surface area contributed by atoms with E-state index in [1.54, 1.807) is 0 Å². The fourth-order valence-electron chi connectivity index (χ4n) is 2.69. The predicted molar refractivity (Wildman–Crippen MR) is 67.8 cm³/mol. The molecule has 98 valence electrons. The second-order valence-electron chi connectivity index (χ2n) is 4.89. The molecule has 1 aromatic rings. The number of benzene rings is 1. The van der Waals surface area contributed by atoms with Crippen molar-refractivity contribution in [1.82, 2.24) is 0 Å². The van der Waals surface area contributed by atoms with E-state index in [1.807, 2.05) is 24.3 Å². The zero-order valence-electron chi connectivity index (χ0n) is 10.6. The molecule has 2 aliphatic rings. The van der Waals surface area contributed by atoms with Crippen LogP contribution in [0, 0.1) is 0 Å². The van der Waals surface area contributed by atoms with Crippen molar-refractivity contribution in [3.05, 3.63) is 41.7 Å². The number of carbonyl (C=O) groups is 2. The number of allylic oxidation sites excluding steroid dienone is 1. The van der Waals surface area contributed by atoms with Gasteiger partial charge >= 0.3 is 0 Å². The Hall–Kier alpha value is -2.10. The Morgan fingerprint density at radius 1 is 1.26 bits per heavy atom. The molecule has 4 heteroatoms. The van der Waals surface area contributed by atoms with Gasteiger partial charge in [0.1, 0.15) is 5.75 Å². The molecule has 0 N–H and O–H groups in total. The van der Waals surface area contributed by atoms with Gasteiger partial charge in [0.05, 0.1) is 13.5 Å². The Morgan fingerprint density at radius 3 is 2.84 bits per heavy atom. The maximum Gasteiger partial charge on any atom is 0.241 e. The highest BCUT2D eigenvalue weighted by Crippen LogP contribution is 2.39. The largest absolute Gasteiger partial charge is 0.493 e. The summed E-state index contributed by atoms with van der Waals surface area (Å²) in [5.74, 6) is 0.419. The summed E-state index contributed by atoms with van der Waals surface area (Å²) in [6.07, 6.45) is 2.59. The van der Waals surface area contributed by atoms with Crippen molar-refractivity contribution in [3.63, 3.8) is 0 Å². The van der Waals surface area contributed by atoms with E-state index < -0.39 is 5.60 Å². The van der Waals surface area contributed by atoms with Crippen LogP contribution >= 0.6 is 0 Å². The lowest BCUT2D eigenvalue weighted by Crippen LogP contribution is -2.51.